The number of nitrogens with zero attached hydrogens (tertiary/aromatic N) is 3. The Morgan fingerprint density at radius 2 is 1.95 bits per heavy atom. The Kier molecular flexibility index (Phi) is 14.2. The van der Waals surface area contributed by atoms with E-state index in [1.165, 1.54) is 12.2 Å². The van der Waals surface area contributed by atoms with E-state index in [0.29, 0.717) is 29.8 Å². The van der Waals surface area contributed by atoms with Crippen LogP contribution < -0.4 is 5.32 Å². The topological polar surface area (TPSA) is 52.0 Å². The Balaban J connectivity index is 0.00000181. The minimum atomic E-state index is -4.38. The van der Waals surface area contributed by atoms with Crippen molar-refractivity contribution in [3.05, 3.63) is 83.2 Å². The van der Waals surface area contributed by atoms with Gasteiger partial charge in [0.05, 0.1) is 23.2 Å². The quantitative estimate of drug-likeness (QED) is 0.284. The highest BCUT2D eigenvalue weighted by Crippen LogP contribution is 2.31. The average Bonchev–Trinajstić information content (AvgIpc) is 2.94. The molecule has 7 heteroatoms. The minimum Gasteiger partial charge on any atom is -0.376 e. The highest BCUT2D eigenvalue weighted by atomic mass is 19.4. The fraction of sp³-hybridized carbons (Fsp3) is 0.375. The molecule has 1 saturated heterocycles. The van der Waals surface area contributed by atoms with Gasteiger partial charge in [-0.05, 0) is 56.4 Å². The lowest BCUT2D eigenvalue weighted by molar-refractivity contribution is -0.0884. The number of likely N-dealkylation sites (tertiary alicyclic amines) is 1. The van der Waals surface area contributed by atoms with E-state index in [-0.39, 0.29) is 6.04 Å². The smallest absolute Gasteiger partial charge is 0.376 e. The largest absolute Gasteiger partial charge is 0.416 e. The number of piperidine rings is 1. The predicted molar refractivity (Wildman–Crippen MR) is 157 cm³/mol. The average molecular weight is 537 g/mol. The maximum Gasteiger partial charge on any atom is 0.416 e. The molecule has 1 aromatic carbocycles. The maximum absolute atomic E-state index is 13.5. The summed E-state index contributed by atoms with van der Waals surface area (Å²) in [6.07, 6.45) is 15.8. The molecule has 39 heavy (non-hydrogen) atoms. The second-order valence-corrected chi connectivity index (χ2v) is 8.55. The number of hydrogen-bond donors (Lipinski definition) is 1. The monoisotopic (exact) mass is 536 g/mol. The summed E-state index contributed by atoms with van der Waals surface area (Å²) in [6.45, 7) is 8.37. The Hall–Kier alpha value is -3.97. The molecule has 3 rings (SSSR count). The van der Waals surface area contributed by atoms with Crippen molar-refractivity contribution >= 4 is 16.6 Å². The van der Waals surface area contributed by atoms with E-state index in [0.717, 1.165) is 35.9 Å². The number of benzene rings is 1. The molecular formula is C32H39F3N4. The van der Waals surface area contributed by atoms with E-state index < -0.39 is 11.7 Å². The van der Waals surface area contributed by atoms with Crippen molar-refractivity contribution in [1.29, 1.82) is 5.26 Å². The van der Waals surface area contributed by atoms with Crippen molar-refractivity contribution in [2.24, 2.45) is 0 Å². The highest BCUT2D eigenvalue weighted by Gasteiger charge is 2.31. The SMILES string of the molecule is C#C.CC.C\C=C/C(=C\C(=C\CC)C(F)(F)F)C/C=C1/C(Nc2nccc3c(C#N)cccc23)CCCN1C. The number of hydrogen-bond acceptors (Lipinski definition) is 4. The van der Waals surface area contributed by atoms with Crippen LogP contribution in [-0.2, 0) is 0 Å². The third-order valence-electron chi connectivity index (χ3n) is 6.04. The number of rotatable bonds is 7. The molecular weight excluding hydrogens is 497 g/mol. The number of likely N-dealkylation sites (N-methyl/N-ethyl adjacent to an activating group) is 1. The first kappa shape index (κ1) is 33.1. The van der Waals surface area contributed by atoms with Crippen molar-refractivity contribution in [3.8, 4) is 18.9 Å². The summed E-state index contributed by atoms with van der Waals surface area (Å²) < 4.78 is 40.4. The van der Waals surface area contributed by atoms with Crippen LogP contribution in [0.15, 0.2) is 77.7 Å². The molecule has 4 nitrogen and oxygen atoms in total. The van der Waals surface area contributed by atoms with Crippen LogP contribution in [0.1, 0.15) is 58.9 Å². The van der Waals surface area contributed by atoms with E-state index in [4.69, 9.17) is 0 Å². The molecule has 1 aliphatic rings. The standard InChI is InChI=1S/C28H31F3N4.C2H6.C2H2/c1-4-8-20(18-22(9-5-2)28(29,30)31)13-14-26-25(12-7-17-35(26)3)34-27-24-11-6-10-21(19-32)23(24)15-16-33-27;2*1-2/h4,6,8-11,14-16,18,25H,5,7,12-13,17H2,1-3H3,(H,33,34);1-2H3;1-2H/b8-4-,20-18+,22-9-,26-14-;;. The van der Waals surface area contributed by atoms with Crippen LogP contribution in [0.25, 0.3) is 10.8 Å². The maximum atomic E-state index is 13.5. The zero-order chi connectivity index (χ0) is 29.4. The van der Waals surface area contributed by atoms with Crippen molar-refractivity contribution < 1.29 is 13.2 Å². The third-order valence-corrected chi connectivity index (χ3v) is 6.04. The van der Waals surface area contributed by atoms with E-state index >= 15 is 0 Å². The van der Waals surface area contributed by atoms with Gasteiger partial charge in [0.25, 0.3) is 0 Å². The summed E-state index contributed by atoms with van der Waals surface area (Å²) >= 11 is 0. The highest BCUT2D eigenvalue weighted by molar-refractivity contribution is 5.95. The number of allylic oxidation sites excluding steroid dienone is 7. The van der Waals surface area contributed by atoms with Gasteiger partial charge < -0.3 is 10.2 Å². The lowest BCUT2D eigenvalue weighted by Crippen LogP contribution is -2.38. The minimum absolute atomic E-state index is 0.0438. The molecule has 2 heterocycles. The van der Waals surface area contributed by atoms with Gasteiger partial charge in [-0.3, -0.25) is 0 Å². The van der Waals surface area contributed by atoms with Crippen LogP contribution in [0, 0.1) is 24.2 Å². The number of anilines is 1. The molecule has 1 unspecified atom stereocenters. The first-order chi connectivity index (χ1) is 18.8. The molecule has 0 radical (unpaired) electrons. The molecule has 208 valence electrons. The lowest BCUT2D eigenvalue weighted by atomic mass is 9.98. The molecule has 1 aromatic heterocycles. The molecule has 0 bridgehead atoms. The summed E-state index contributed by atoms with van der Waals surface area (Å²) in [6, 6.07) is 9.57. The van der Waals surface area contributed by atoms with Crippen molar-refractivity contribution in [2.75, 3.05) is 18.9 Å². The number of nitriles is 1. The molecule has 1 aliphatic heterocycles. The Morgan fingerprint density at radius 3 is 2.56 bits per heavy atom. The van der Waals surface area contributed by atoms with Crippen molar-refractivity contribution in [1.82, 2.24) is 9.88 Å². The summed E-state index contributed by atoms with van der Waals surface area (Å²) in [4.78, 5) is 6.67. The van der Waals surface area contributed by atoms with Crippen LogP contribution in [-0.4, -0.2) is 35.7 Å². The van der Waals surface area contributed by atoms with Gasteiger partial charge in [-0.15, -0.1) is 12.8 Å². The van der Waals surface area contributed by atoms with Crippen LogP contribution in [0.2, 0.25) is 0 Å². The summed E-state index contributed by atoms with van der Waals surface area (Å²) in [5.74, 6) is 0.695. The van der Waals surface area contributed by atoms with Gasteiger partial charge in [0.15, 0.2) is 0 Å². The number of fused-ring (bicyclic) bond motifs is 1. The second-order valence-electron chi connectivity index (χ2n) is 8.55. The first-order valence-electron chi connectivity index (χ1n) is 13.2. The third kappa shape index (κ3) is 9.37. The molecule has 2 aromatic rings. The van der Waals surface area contributed by atoms with Gasteiger partial charge in [0.1, 0.15) is 5.82 Å². The number of aromatic nitrogens is 1. The van der Waals surface area contributed by atoms with Gasteiger partial charge >= 0.3 is 6.18 Å². The van der Waals surface area contributed by atoms with Crippen LogP contribution in [0.5, 0.6) is 0 Å². The molecule has 0 spiro atoms. The van der Waals surface area contributed by atoms with Gasteiger partial charge in [-0.1, -0.05) is 57.2 Å². The van der Waals surface area contributed by atoms with Crippen LogP contribution in [0.4, 0.5) is 19.0 Å². The fourth-order valence-electron chi connectivity index (χ4n) is 4.39. The van der Waals surface area contributed by atoms with E-state index in [1.807, 2.05) is 45.2 Å². The molecule has 0 aliphatic carbocycles. The van der Waals surface area contributed by atoms with E-state index in [1.54, 1.807) is 38.3 Å². The molecule has 1 fully saturated rings. The molecule has 1 atom stereocenters. The molecule has 0 saturated carbocycles. The van der Waals surface area contributed by atoms with Gasteiger partial charge in [-0.2, -0.15) is 18.4 Å². The predicted octanol–water partition coefficient (Wildman–Crippen LogP) is 8.56. The number of terminal acetylenes is 1. The van der Waals surface area contributed by atoms with Gasteiger partial charge in [0, 0.05) is 36.3 Å². The summed E-state index contributed by atoms with van der Waals surface area (Å²) in [7, 11) is 2.00. The number of nitrogens with one attached hydrogen (secondary N) is 1. The normalized spacial score (nSPS) is 17.2. The number of halogens is 3. The zero-order valence-electron chi connectivity index (χ0n) is 23.5. The number of pyridine rings is 1. The second kappa shape index (κ2) is 16.8. The summed E-state index contributed by atoms with van der Waals surface area (Å²) in [5, 5.41) is 14.7. The van der Waals surface area contributed by atoms with Crippen molar-refractivity contribution in [2.45, 2.75) is 65.6 Å². The van der Waals surface area contributed by atoms with E-state index in [9.17, 15) is 18.4 Å². The van der Waals surface area contributed by atoms with E-state index in [2.05, 4.69) is 34.1 Å². The Bertz CT molecular complexity index is 1240. The summed E-state index contributed by atoms with van der Waals surface area (Å²) in [5.41, 5.74) is 1.59. The van der Waals surface area contributed by atoms with Gasteiger partial charge in [0.2, 0.25) is 0 Å². The zero-order valence-corrected chi connectivity index (χ0v) is 23.5. The fourth-order valence-corrected chi connectivity index (χ4v) is 4.39. The first-order valence-corrected chi connectivity index (χ1v) is 13.2. The lowest BCUT2D eigenvalue weighted by Gasteiger charge is -2.35. The van der Waals surface area contributed by atoms with Gasteiger partial charge in [-0.25, -0.2) is 4.98 Å². The molecule has 0 amide bonds. The van der Waals surface area contributed by atoms with Crippen molar-refractivity contribution in [3.63, 3.8) is 0 Å². The Morgan fingerprint density at radius 1 is 1.23 bits per heavy atom. The number of alkyl halides is 3. The Labute approximate surface area is 231 Å². The van der Waals surface area contributed by atoms with Crippen LogP contribution >= 0.6 is 0 Å². The molecule has 1 N–H and O–H groups in total. The van der Waals surface area contributed by atoms with Crippen LogP contribution in [0.3, 0.4) is 0 Å².